The smallest absolute Gasteiger partial charge is 0.120 e. The van der Waals surface area contributed by atoms with Crippen molar-refractivity contribution in [3.05, 3.63) is 35.9 Å². The zero-order valence-electron chi connectivity index (χ0n) is 9.19. The molecule has 1 aromatic rings. The average molecular weight is 249 g/mol. The standard InChI is InChI=1S/C13H15NS2/c15-12(11-7-3-1-4-8-11)13(16)14-9-5-2-6-10-14/h1,3-4,7-8H,2,5-6,9-10H2. The molecule has 3 heteroatoms. The van der Waals surface area contributed by atoms with Crippen LogP contribution in [0, 0.1) is 0 Å². The molecule has 1 aliphatic heterocycles. The number of likely N-dealkylation sites (tertiary alicyclic amines) is 1. The predicted octanol–water partition coefficient (Wildman–Crippen LogP) is 3.22. The van der Waals surface area contributed by atoms with Crippen LogP contribution >= 0.6 is 24.4 Å². The number of hydrogen-bond acceptors (Lipinski definition) is 2. The van der Waals surface area contributed by atoms with Crippen molar-refractivity contribution in [1.29, 1.82) is 0 Å². The second-order valence-corrected chi connectivity index (χ2v) is 4.84. The van der Waals surface area contributed by atoms with E-state index in [2.05, 4.69) is 4.90 Å². The van der Waals surface area contributed by atoms with Crippen LogP contribution in [0.15, 0.2) is 30.3 Å². The molecule has 1 saturated heterocycles. The van der Waals surface area contributed by atoms with Crippen LogP contribution in [0.3, 0.4) is 0 Å². The van der Waals surface area contributed by atoms with Gasteiger partial charge in [0.25, 0.3) is 0 Å². The highest BCUT2D eigenvalue weighted by Gasteiger charge is 2.17. The van der Waals surface area contributed by atoms with Crippen LogP contribution in [-0.2, 0) is 0 Å². The zero-order chi connectivity index (χ0) is 11.4. The first-order valence-electron chi connectivity index (χ1n) is 5.67. The van der Waals surface area contributed by atoms with Crippen LogP contribution in [0.2, 0.25) is 0 Å². The molecule has 0 saturated carbocycles. The van der Waals surface area contributed by atoms with Gasteiger partial charge in [0.2, 0.25) is 0 Å². The lowest BCUT2D eigenvalue weighted by Crippen LogP contribution is -2.38. The van der Waals surface area contributed by atoms with Gasteiger partial charge in [0.05, 0.1) is 4.86 Å². The topological polar surface area (TPSA) is 3.24 Å². The molecule has 0 aromatic heterocycles. The van der Waals surface area contributed by atoms with Gasteiger partial charge in [-0.05, 0) is 24.8 Å². The lowest BCUT2D eigenvalue weighted by atomic mass is 10.1. The molecular formula is C13H15NS2. The van der Waals surface area contributed by atoms with Crippen LogP contribution in [0.1, 0.15) is 24.8 Å². The Morgan fingerprint density at radius 1 is 0.938 bits per heavy atom. The minimum absolute atomic E-state index is 0.817. The molecule has 0 atom stereocenters. The number of hydrogen-bond donors (Lipinski definition) is 0. The van der Waals surface area contributed by atoms with Crippen LogP contribution in [-0.4, -0.2) is 27.8 Å². The number of rotatable bonds is 2. The number of nitrogens with zero attached hydrogens (tertiary/aromatic N) is 1. The van der Waals surface area contributed by atoms with Gasteiger partial charge in [-0.25, -0.2) is 0 Å². The van der Waals surface area contributed by atoms with Crippen molar-refractivity contribution in [2.75, 3.05) is 13.1 Å². The Kier molecular flexibility index (Phi) is 4.02. The summed E-state index contributed by atoms with van der Waals surface area (Å²) in [5.74, 6) is 0. The molecule has 0 radical (unpaired) electrons. The van der Waals surface area contributed by atoms with Gasteiger partial charge in [-0.15, -0.1) is 0 Å². The molecule has 2 rings (SSSR count). The fraction of sp³-hybridized carbons (Fsp3) is 0.385. The molecule has 1 heterocycles. The average Bonchev–Trinajstić information content (AvgIpc) is 2.39. The van der Waals surface area contributed by atoms with E-state index in [0.717, 1.165) is 28.5 Å². The summed E-state index contributed by atoms with van der Waals surface area (Å²) in [7, 11) is 0. The van der Waals surface area contributed by atoms with E-state index in [1.807, 2.05) is 30.3 Å². The second-order valence-electron chi connectivity index (χ2n) is 4.05. The third-order valence-corrected chi connectivity index (χ3v) is 3.89. The summed E-state index contributed by atoms with van der Waals surface area (Å²) in [6.45, 7) is 2.12. The lowest BCUT2D eigenvalue weighted by molar-refractivity contribution is 0.350. The summed E-state index contributed by atoms with van der Waals surface area (Å²) >= 11 is 10.9. The van der Waals surface area contributed by atoms with Gasteiger partial charge in [0.1, 0.15) is 4.99 Å². The molecular weight excluding hydrogens is 234 g/mol. The first kappa shape index (κ1) is 11.7. The quantitative estimate of drug-likeness (QED) is 0.585. The van der Waals surface area contributed by atoms with E-state index >= 15 is 0 Å². The highest BCUT2D eigenvalue weighted by atomic mass is 32.1. The Morgan fingerprint density at radius 2 is 1.56 bits per heavy atom. The fourth-order valence-corrected chi connectivity index (χ4v) is 2.52. The van der Waals surface area contributed by atoms with Crippen LogP contribution in [0.4, 0.5) is 0 Å². The van der Waals surface area contributed by atoms with Gasteiger partial charge < -0.3 is 4.90 Å². The highest BCUT2D eigenvalue weighted by molar-refractivity contribution is 7.89. The van der Waals surface area contributed by atoms with Gasteiger partial charge >= 0.3 is 0 Å². The second kappa shape index (κ2) is 5.51. The molecule has 0 spiro atoms. The first-order chi connectivity index (χ1) is 7.79. The number of benzene rings is 1. The van der Waals surface area contributed by atoms with Gasteiger partial charge in [-0.2, -0.15) is 0 Å². The summed E-state index contributed by atoms with van der Waals surface area (Å²) in [4.78, 5) is 3.91. The van der Waals surface area contributed by atoms with Crippen LogP contribution < -0.4 is 0 Å². The van der Waals surface area contributed by atoms with E-state index in [9.17, 15) is 0 Å². The van der Waals surface area contributed by atoms with Crippen molar-refractivity contribution in [3.8, 4) is 0 Å². The maximum absolute atomic E-state index is 5.46. The molecule has 1 fully saturated rings. The Hall–Kier alpha value is -0.800. The van der Waals surface area contributed by atoms with Crippen LogP contribution in [0.5, 0.6) is 0 Å². The van der Waals surface area contributed by atoms with E-state index in [1.54, 1.807) is 0 Å². The lowest BCUT2D eigenvalue weighted by Gasteiger charge is -2.29. The largest absolute Gasteiger partial charge is 0.362 e. The van der Waals surface area contributed by atoms with Crippen molar-refractivity contribution in [2.45, 2.75) is 19.3 Å². The molecule has 1 aliphatic rings. The molecule has 0 N–H and O–H groups in total. The molecule has 0 aliphatic carbocycles. The van der Waals surface area contributed by atoms with Crippen LogP contribution in [0.25, 0.3) is 0 Å². The predicted molar refractivity (Wildman–Crippen MR) is 76.2 cm³/mol. The van der Waals surface area contributed by atoms with Crippen molar-refractivity contribution in [1.82, 2.24) is 4.90 Å². The number of thiocarbonyl (C=S) groups is 2. The molecule has 0 amide bonds. The minimum Gasteiger partial charge on any atom is -0.362 e. The summed E-state index contributed by atoms with van der Waals surface area (Å²) in [6.07, 6.45) is 3.78. The van der Waals surface area contributed by atoms with Gasteiger partial charge in [-0.1, -0.05) is 54.8 Å². The third kappa shape index (κ3) is 2.66. The third-order valence-electron chi connectivity index (χ3n) is 2.87. The van der Waals surface area contributed by atoms with Crippen molar-refractivity contribution in [3.63, 3.8) is 0 Å². The molecule has 1 aromatic carbocycles. The van der Waals surface area contributed by atoms with E-state index in [-0.39, 0.29) is 0 Å². The molecule has 0 bridgehead atoms. The minimum atomic E-state index is 0.817. The van der Waals surface area contributed by atoms with Crippen molar-refractivity contribution < 1.29 is 0 Å². The summed E-state index contributed by atoms with van der Waals surface area (Å²) < 4.78 is 0. The SMILES string of the molecule is S=C(C(=S)N1CCCCC1)c1ccccc1. The van der Waals surface area contributed by atoms with E-state index in [0.29, 0.717) is 0 Å². The maximum atomic E-state index is 5.46. The fourth-order valence-electron chi connectivity index (χ4n) is 1.95. The Labute approximate surface area is 107 Å². The molecule has 0 unspecified atom stereocenters. The highest BCUT2D eigenvalue weighted by Crippen LogP contribution is 2.13. The summed E-state index contributed by atoms with van der Waals surface area (Å²) in [5.41, 5.74) is 1.06. The van der Waals surface area contributed by atoms with E-state index in [4.69, 9.17) is 24.4 Å². The Morgan fingerprint density at radius 3 is 2.19 bits per heavy atom. The van der Waals surface area contributed by atoms with E-state index in [1.165, 1.54) is 19.3 Å². The first-order valence-corrected chi connectivity index (χ1v) is 6.49. The number of piperidine rings is 1. The zero-order valence-corrected chi connectivity index (χ0v) is 10.8. The molecule has 1 nitrogen and oxygen atoms in total. The normalized spacial score (nSPS) is 15.9. The van der Waals surface area contributed by atoms with Crippen molar-refractivity contribution in [2.24, 2.45) is 0 Å². The summed E-state index contributed by atoms with van der Waals surface area (Å²) in [5, 5.41) is 0. The molecule has 16 heavy (non-hydrogen) atoms. The van der Waals surface area contributed by atoms with Gasteiger partial charge in [0, 0.05) is 13.1 Å². The van der Waals surface area contributed by atoms with Gasteiger partial charge in [0.15, 0.2) is 0 Å². The Bertz CT molecular complexity index is 380. The Balaban J connectivity index is 2.07. The van der Waals surface area contributed by atoms with Crippen molar-refractivity contribution >= 4 is 34.3 Å². The monoisotopic (exact) mass is 249 g/mol. The maximum Gasteiger partial charge on any atom is 0.120 e. The van der Waals surface area contributed by atoms with Gasteiger partial charge in [-0.3, -0.25) is 0 Å². The molecule has 84 valence electrons. The summed E-state index contributed by atoms with van der Waals surface area (Å²) in [6, 6.07) is 10.0. The van der Waals surface area contributed by atoms with E-state index < -0.39 is 0 Å².